The van der Waals surface area contributed by atoms with Crippen LogP contribution in [0, 0.1) is 10.1 Å². The highest BCUT2D eigenvalue weighted by molar-refractivity contribution is 5.97. The van der Waals surface area contributed by atoms with Crippen LogP contribution in [0.1, 0.15) is 23.2 Å². The molecule has 0 aliphatic carbocycles. The molecule has 0 spiro atoms. The quantitative estimate of drug-likeness (QED) is 0.288. The van der Waals surface area contributed by atoms with Crippen molar-refractivity contribution >= 4 is 17.6 Å². The number of benzene rings is 2. The topological polar surface area (TPSA) is 156 Å². The first-order valence-corrected chi connectivity index (χ1v) is 9.59. The summed E-state index contributed by atoms with van der Waals surface area (Å²) in [4.78, 5) is 38.9. The molecule has 1 aromatic heterocycles. The first-order chi connectivity index (χ1) is 15.8. The third-order valence-electron chi connectivity index (χ3n) is 4.48. The molecular formula is C21H20N4O8. The summed E-state index contributed by atoms with van der Waals surface area (Å²) in [5.41, 5.74) is 0.356. The summed E-state index contributed by atoms with van der Waals surface area (Å²) < 4.78 is 20.7. The highest BCUT2D eigenvalue weighted by Crippen LogP contribution is 2.31. The number of non-ortho nitro benzene ring substituents is 1. The van der Waals surface area contributed by atoms with Gasteiger partial charge in [0.1, 0.15) is 17.5 Å². The Morgan fingerprint density at radius 3 is 2.67 bits per heavy atom. The lowest BCUT2D eigenvalue weighted by Crippen LogP contribution is -2.39. The van der Waals surface area contributed by atoms with E-state index in [1.165, 1.54) is 39.3 Å². The average Bonchev–Trinajstić information content (AvgIpc) is 3.30. The number of ether oxygens (including phenoxy) is 3. The number of aromatic nitrogens is 2. The Morgan fingerprint density at radius 2 is 1.97 bits per heavy atom. The molecular weight excluding hydrogens is 436 g/mol. The Morgan fingerprint density at radius 1 is 1.18 bits per heavy atom. The van der Waals surface area contributed by atoms with Gasteiger partial charge in [-0.2, -0.15) is 4.98 Å². The Kier molecular flexibility index (Phi) is 7.18. The van der Waals surface area contributed by atoms with Gasteiger partial charge in [0, 0.05) is 23.8 Å². The minimum atomic E-state index is -1.03. The molecule has 1 atom stereocenters. The largest absolute Gasteiger partial charge is 0.497 e. The van der Waals surface area contributed by atoms with Crippen LogP contribution in [0.25, 0.3) is 11.4 Å². The molecule has 1 N–H and O–H groups in total. The molecule has 12 heteroatoms. The molecule has 0 saturated carbocycles. The maximum absolute atomic E-state index is 12.3. The van der Waals surface area contributed by atoms with Crippen LogP contribution in [0.15, 0.2) is 47.0 Å². The SMILES string of the molecule is COc1ccc(-c2noc(COC(=O)[C@H](C)NC(=O)c3cccc([N+](=O)[O-])c3)n2)c(OC)c1. The normalized spacial score (nSPS) is 11.4. The van der Waals surface area contributed by atoms with Gasteiger partial charge in [-0.3, -0.25) is 14.9 Å². The molecule has 0 radical (unpaired) electrons. The smallest absolute Gasteiger partial charge is 0.328 e. The second kappa shape index (κ2) is 10.2. The van der Waals surface area contributed by atoms with E-state index in [1.807, 2.05) is 0 Å². The van der Waals surface area contributed by atoms with Crippen molar-refractivity contribution in [3.8, 4) is 22.9 Å². The van der Waals surface area contributed by atoms with Crippen LogP contribution in [0.4, 0.5) is 5.69 Å². The lowest BCUT2D eigenvalue weighted by atomic mass is 10.2. The number of methoxy groups -OCH3 is 2. The van der Waals surface area contributed by atoms with Crippen LogP contribution in [0.5, 0.6) is 11.5 Å². The first kappa shape index (κ1) is 23.2. The highest BCUT2D eigenvalue weighted by atomic mass is 16.6. The van der Waals surface area contributed by atoms with E-state index in [0.717, 1.165) is 6.07 Å². The van der Waals surface area contributed by atoms with Gasteiger partial charge in [-0.1, -0.05) is 11.2 Å². The van der Waals surface area contributed by atoms with Gasteiger partial charge in [0.05, 0.1) is 24.7 Å². The summed E-state index contributed by atoms with van der Waals surface area (Å²) in [6.07, 6.45) is 0. The summed E-state index contributed by atoms with van der Waals surface area (Å²) in [5, 5.41) is 17.1. The number of nitro groups is 1. The third kappa shape index (κ3) is 5.61. The Balaban J connectivity index is 1.59. The standard InChI is InChI=1S/C21H20N4O8/c1-12(22-20(26)13-5-4-6-14(9-13)25(28)29)21(27)32-11-18-23-19(24-33-18)16-8-7-15(30-2)10-17(16)31-3/h4-10,12H,11H2,1-3H3,(H,22,26)/t12-/m0/s1. The van der Waals surface area contributed by atoms with Gasteiger partial charge >= 0.3 is 5.97 Å². The van der Waals surface area contributed by atoms with Crippen molar-refractivity contribution in [1.29, 1.82) is 0 Å². The van der Waals surface area contributed by atoms with Crippen molar-refractivity contribution in [1.82, 2.24) is 15.5 Å². The Bertz CT molecular complexity index is 1180. The Labute approximate surface area is 187 Å². The number of rotatable bonds is 9. The van der Waals surface area contributed by atoms with E-state index < -0.39 is 22.8 Å². The lowest BCUT2D eigenvalue weighted by Gasteiger charge is -2.12. The molecule has 2 aromatic carbocycles. The van der Waals surface area contributed by atoms with E-state index >= 15 is 0 Å². The summed E-state index contributed by atoms with van der Waals surface area (Å²) >= 11 is 0. The number of carbonyl (C=O) groups is 2. The van der Waals surface area contributed by atoms with Crippen molar-refractivity contribution < 1.29 is 33.2 Å². The van der Waals surface area contributed by atoms with Crippen LogP contribution < -0.4 is 14.8 Å². The molecule has 3 rings (SSSR count). The zero-order valence-electron chi connectivity index (χ0n) is 17.9. The molecule has 0 unspecified atom stereocenters. The number of nitrogens with one attached hydrogen (secondary N) is 1. The van der Waals surface area contributed by atoms with E-state index in [0.29, 0.717) is 17.1 Å². The van der Waals surface area contributed by atoms with Gasteiger partial charge in [0.25, 0.3) is 17.5 Å². The summed E-state index contributed by atoms with van der Waals surface area (Å²) in [7, 11) is 3.02. The van der Waals surface area contributed by atoms with Gasteiger partial charge < -0.3 is 24.1 Å². The van der Waals surface area contributed by atoms with Gasteiger partial charge in [0.15, 0.2) is 6.61 Å². The molecule has 1 amide bonds. The second-order valence-corrected chi connectivity index (χ2v) is 6.69. The summed E-state index contributed by atoms with van der Waals surface area (Å²) in [6.45, 7) is 1.10. The van der Waals surface area contributed by atoms with Crippen LogP contribution in [-0.4, -0.2) is 47.2 Å². The predicted octanol–water partition coefficient (Wildman–Crippen LogP) is 2.52. The van der Waals surface area contributed by atoms with Crippen molar-refractivity contribution in [2.24, 2.45) is 0 Å². The number of nitro benzene ring substituents is 1. The molecule has 0 bridgehead atoms. The minimum absolute atomic E-state index is 0.0356. The van der Waals surface area contributed by atoms with Crippen LogP contribution in [0.3, 0.4) is 0 Å². The number of esters is 1. The Hall–Kier alpha value is -4.48. The molecule has 3 aromatic rings. The molecule has 12 nitrogen and oxygen atoms in total. The number of carbonyl (C=O) groups excluding carboxylic acids is 2. The van der Waals surface area contributed by atoms with Gasteiger partial charge in [-0.25, -0.2) is 4.79 Å². The summed E-state index contributed by atoms with van der Waals surface area (Å²) in [5.74, 6) is -0.0861. The molecule has 172 valence electrons. The highest BCUT2D eigenvalue weighted by Gasteiger charge is 2.21. The van der Waals surface area contributed by atoms with Crippen molar-refractivity contribution in [3.05, 3.63) is 64.0 Å². The maximum Gasteiger partial charge on any atom is 0.328 e. The molecule has 0 aliphatic rings. The monoisotopic (exact) mass is 456 g/mol. The van der Waals surface area contributed by atoms with Crippen LogP contribution >= 0.6 is 0 Å². The van der Waals surface area contributed by atoms with Crippen molar-refractivity contribution in [2.45, 2.75) is 19.6 Å². The maximum atomic E-state index is 12.3. The zero-order valence-corrected chi connectivity index (χ0v) is 17.9. The number of amides is 1. The fourth-order valence-corrected chi connectivity index (χ4v) is 2.76. The first-order valence-electron chi connectivity index (χ1n) is 9.59. The van der Waals surface area contributed by atoms with Crippen molar-refractivity contribution in [2.75, 3.05) is 14.2 Å². The molecule has 0 fully saturated rings. The average molecular weight is 456 g/mol. The number of nitrogens with zero attached hydrogens (tertiary/aromatic N) is 3. The van der Waals surface area contributed by atoms with E-state index in [9.17, 15) is 19.7 Å². The van der Waals surface area contributed by atoms with E-state index in [2.05, 4.69) is 15.5 Å². The van der Waals surface area contributed by atoms with Gasteiger partial charge in [-0.05, 0) is 25.1 Å². The fraction of sp³-hybridized carbons (Fsp3) is 0.238. The summed E-state index contributed by atoms with van der Waals surface area (Å²) in [6, 6.07) is 9.19. The molecule has 0 aliphatic heterocycles. The zero-order chi connectivity index (χ0) is 24.0. The third-order valence-corrected chi connectivity index (χ3v) is 4.48. The molecule has 0 saturated heterocycles. The minimum Gasteiger partial charge on any atom is -0.497 e. The van der Waals surface area contributed by atoms with Crippen LogP contribution in [0.2, 0.25) is 0 Å². The van der Waals surface area contributed by atoms with E-state index in [-0.39, 0.29) is 29.6 Å². The van der Waals surface area contributed by atoms with Gasteiger partial charge in [-0.15, -0.1) is 0 Å². The van der Waals surface area contributed by atoms with E-state index in [4.69, 9.17) is 18.7 Å². The number of hydrogen-bond donors (Lipinski definition) is 1. The second-order valence-electron chi connectivity index (χ2n) is 6.69. The van der Waals surface area contributed by atoms with E-state index in [1.54, 1.807) is 18.2 Å². The lowest BCUT2D eigenvalue weighted by molar-refractivity contribution is -0.384. The van der Waals surface area contributed by atoms with Crippen molar-refractivity contribution in [3.63, 3.8) is 0 Å². The number of hydrogen-bond acceptors (Lipinski definition) is 10. The molecule has 1 heterocycles. The fourth-order valence-electron chi connectivity index (χ4n) is 2.76. The predicted molar refractivity (Wildman–Crippen MR) is 113 cm³/mol. The van der Waals surface area contributed by atoms with Gasteiger partial charge in [0.2, 0.25) is 5.82 Å². The molecule has 33 heavy (non-hydrogen) atoms. The van der Waals surface area contributed by atoms with Crippen LogP contribution in [-0.2, 0) is 16.1 Å².